The summed E-state index contributed by atoms with van der Waals surface area (Å²) in [4.78, 5) is 0. The first kappa shape index (κ1) is 14.2. The Morgan fingerprint density at radius 3 is 1.86 bits per heavy atom. The zero-order valence-corrected chi connectivity index (χ0v) is 12.3. The Kier molecular flexibility index (Phi) is 4.68. The second-order valence-corrected chi connectivity index (χ2v) is 4.90. The van der Waals surface area contributed by atoms with Crippen LogP contribution < -0.4 is 4.74 Å². The summed E-state index contributed by atoms with van der Waals surface area (Å²) in [6.07, 6.45) is 2.13. The summed E-state index contributed by atoms with van der Waals surface area (Å²) in [5.74, 6) is 0.857. The van der Waals surface area contributed by atoms with Crippen LogP contribution in [0, 0.1) is 6.07 Å². The molecule has 3 aromatic rings. The highest BCUT2D eigenvalue weighted by Crippen LogP contribution is 2.23. The van der Waals surface area contributed by atoms with Gasteiger partial charge in [0, 0.05) is 0 Å². The highest BCUT2D eigenvalue weighted by Gasteiger charge is 2.03. The van der Waals surface area contributed by atoms with Crippen molar-refractivity contribution in [3.63, 3.8) is 0 Å². The van der Waals surface area contributed by atoms with Gasteiger partial charge in [-0.1, -0.05) is 72.8 Å². The van der Waals surface area contributed by atoms with E-state index in [0.717, 1.165) is 5.75 Å². The first-order chi connectivity index (χ1) is 10.9. The van der Waals surface area contributed by atoms with E-state index in [2.05, 4.69) is 60.7 Å². The molecule has 22 heavy (non-hydrogen) atoms. The van der Waals surface area contributed by atoms with E-state index in [1.807, 2.05) is 36.4 Å². The van der Waals surface area contributed by atoms with Gasteiger partial charge >= 0.3 is 0 Å². The van der Waals surface area contributed by atoms with E-state index < -0.39 is 0 Å². The Hall–Kier alpha value is -2.80. The third kappa shape index (κ3) is 3.64. The van der Waals surface area contributed by atoms with E-state index in [9.17, 15) is 0 Å². The molecule has 0 spiro atoms. The summed E-state index contributed by atoms with van der Waals surface area (Å²) in [6, 6.07) is 31.3. The lowest BCUT2D eigenvalue weighted by Gasteiger charge is -2.09. The van der Waals surface area contributed by atoms with Gasteiger partial charge in [0.15, 0.2) is 0 Å². The molecular formula is C21H17O. The standard InChI is InChI=1S/C21H17O/c1-4-10-18(11-5-1)21(19-12-6-2-7-13-19)16-17-22-20-14-8-3-9-15-20/h1-2,4-16H,17H2. The van der Waals surface area contributed by atoms with Gasteiger partial charge in [0.1, 0.15) is 12.4 Å². The smallest absolute Gasteiger partial charge is 0.119 e. The lowest BCUT2D eigenvalue weighted by molar-refractivity contribution is 0.363. The molecule has 0 bridgehead atoms. The fourth-order valence-electron chi connectivity index (χ4n) is 2.33. The molecule has 3 aromatic carbocycles. The van der Waals surface area contributed by atoms with E-state index in [-0.39, 0.29) is 0 Å². The normalized spacial score (nSPS) is 10.0. The zero-order chi connectivity index (χ0) is 15.0. The van der Waals surface area contributed by atoms with Gasteiger partial charge in [-0.15, -0.1) is 0 Å². The Labute approximate surface area is 131 Å². The van der Waals surface area contributed by atoms with Crippen LogP contribution in [0.3, 0.4) is 0 Å². The van der Waals surface area contributed by atoms with E-state index in [1.54, 1.807) is 0 Å². The van der Waals surface area contributed by atoms with Gasteiger partial charge in [-0.3, -0.25) is 0 Å². The molecule has 0 unspecified atom stereocenters. The van der Waals surface area contributed by atoms with Crippen molar-refractivity contribution in [2.75, 3.05) is 6.61 Å². The summed E-state index contributed by atoms with van der Waals surface area (Å²) in [6.45, 7) is 0.531. The van der Waals surface area contributed by atoms with Crippen LogP contribution in [-0.4, -0.2) is 6.61 Å². The van der Waals surface area contributed by atoms with E-state index in [4.69, 9.17) is 4.74 Å². The third-order valence-corrected chi connectivity index (χ3v) is 3.39. The second kappa shape index (κ2) is 7.28. The van der Waals surface area contributed by atoms with E-state index >= 15 is 0 Å². The maximum absolute atomic E-state index is 5.78. The van der Waals surface area contributed by atoms with Gasteiger partial charge < -0.3 is 4.74 Å². The molecule has 0 N–H and O–H groups in total. The summed E-state index contributed by atoms with van der Waals surface area (Å²) < 4.78 is 5.78. The number of hydrogen-bond acceptors (Lipinski definition) is 1. The first-order valence-corrected chi connectivity index (χ1v) is 7.33. The van der Waals surface area contributed by atoms with E-state index in [1.165, 1.54) is 16.7 Å². The predicted octanol–water partition coefficient (Wildman–Crippen LogP) is 5.00. The van der Waals surface area contributed by atoms with Crippen molar-refractivity contribution >= 4 is 5.57 Å². The van der Waals surface area contributed by atoms with Gasteiger partial charge in [-0.2, -0.15) is 0 Å². The van der Waals surface area contributed by atoms with Crippen LogP contribution in [0.15, 0.2) is 91.0 Å². The van der Waals surface area contributed by atoms with Crippen LogP contribution in [0.5, 0.6) is 5.75 Å². The molecule has 107 valence electrons. The number of ether oxygens (including phenoxy) is 1. The quantitative estimate of drug-likeness (QED) is 0.641. The van der Waals surface area contributed by atoms with Crippen molar-refractivity contribution in [3.05, 3.63) is 108 Å². The molecule has 0 saturated carbocycles. The molecule has 0 heterocycles. The minimum absolute atomic E-state index is 0.531. The third-order valence-electron chi connectivity index (χ3n) is 3.39. The minimum atomic E-state index is 0.531. The molecule has 0 atom stereocenters. The van der Waals surface area contributed by atoms with Gasteiger partial charge in [0.25, 0.3) is 0 Å². The minimum Gasteiger partial charge on any atom is -0.490 e. The largest absolute Gasteiger partial charge is 0.490 e. The van der Waals surface area contributed by atoms with Crippen LogP contribution in [0.25, 0.3) is 5.57 Å². The van der Waals surface area contributed by atoms with Crippen molar-refractivity contribution in [1.82, 2.24) is 0 Å². The van der Waals surface area contributed by atoms with Crippen molar-refractivity contribution in [1.29, 1.82) is 0 Å². The molecule has 0 aliphatic carbocycles. The molecule has 0 aliphatic rings. The van der Waals surface area contributed by atoms with Crippen molar-refractivity contribution in [2.45, 2.75) is 0 Å². The van der Waals surface area contributed by atoms with Gasteiger partial charge in [-0.05, 0) is 41.0 Å². The van der Waals surface area contributed by atoms with Crippen molar-refractivity contribution < 1.29 is 4.74 Å². The van der Waals surface area contributed by atoms with Gasteiger partial charge in [0.05, 0.1) is 0 Å². The molecule has 0 aromatic heterocycles. The summed E-state index contributed by atoms with van der Waals surface area (Å²) in [7, 11) is 0. The molecule has 0 saturated heterocycles. The van der Waals surface area contributed by atoms with Crippen LogP contribution in [0.1, 0.15) is 11.1 Å². The topological polar surface area (TPSA) is 9.23 Å². The summed E-state index contributed by atoms with van der Waals surface area (Å²) in [5, 5.41) is 0. The van der Waals surface area contributed by atoms with Crippen LogP contribution in [0.2, 0.25) is 0 Å². The highest BCUT2D eigenvalue weighted by molar-refractivity contribution is 5.79. The maximum Gasteiger partial charge on any atom is 0.119 e. The van der Waals surface area contributed by atoms with Crippen molar-refractivity contribution in [2.24, 2.45) is 0 Å². The zero-order valence-electron chi connectivity index (χ0n) is 12.3. The summed E-state index contributed by atoms with van der Waals surface area (Å²) in [5.41, 5.74) is 3.57. The first-order valence-electron chi connectivity index (χ1n) is 7.33. The fraction of sp³-hybridized carbons (Fsp3) is 0.0476. The van der Waals surface area contributed by atoms with Crippen LogP contribution >= 0.6 is 0 Å². The Balaban J connectivity index is 1.84. The van der Waals surface area contributed by atoms with Crippen LogP contribution in [0.4, 0.5) is 0 Å². The molecule has 0 amide bonds. The predicted molar refractivity (Wildman–Crippen MR) is 90.7 cm³/mol. The lowest BCUT2D eigenvalue weighted by atomic mass is 9.98. The second-order valence-electron chi connectivity index (χ2n) is 4.90. The fourth-order valence-corrected chi connectivity index (χ4v) is 2.33. The van der Waals surface area contributed by atoms with Gasteiger partial charge in [0.2, 0.25) is 0 Å². The number of benzene rings is 3. The Morgan fingerprint density at radius 2 is 1.32 bits per heavy atom. The highest BCUT2D eigenvalue weighted by atomic mass is 16.5. The Bertz CT molecular complexity index is 674. The maximum atomic E-state index is 5.78. The molecular weight excluding hydrogens is 268 g/mol. The molecule has 1 radical (unpaired) electrons. The average molecular weight is 285 g/mol. The van der Waals surface area contributed by atoms with Crippen LogP contribution in [-0.2, 0) is 0 Å². The number of rotatable bonds is 5. The number of hydrogen-bond donors (Lipinski definition) is 0. The SMILES string of the molecule is [c]1ccc(OCC=C(c2ccccc2)c2ccccc2)cc1. The molecule has 3 rings (SSSR count). The summed E-state index contributed by atoms with van der Waals surface area (Å²) >= 11 is 0. The van der Waals surface area contributed by atoms with E-state index in [0.29, 0.717) is 6.61 Å². The molecule has 1 nitrogen and oxygen atoms in total. The van der Waals surface area contributed by atoms with Gasteiger partial charge in [-0.25, -0.2) is 0 Å². The molecule has 1 heteroatoms. The average Bonchev–Trinajstić information content (AvgIpc) is 2.61. The Morgan fingerprint density at radius 1 is 0.773 bits per heavy atom. The molecule has 0 aliphatic heterocycles. The van der Waals surface area contributed by atoms with Crippen molar-refractivity contribution in [3.8, 4) is 5.75 Å². The lowest BCUT2D eigenvalue weighted by Crippen LogP contribution is -1.96. The molecule has 0 fully saturated rings. The monoisotopic (exact) mass is 285 g/mol.